The van der Waals surface area contributed by atoms with Crippen molar-refractivity contribution in [1.29, 1.82) is 0 Å². The monoisotopic (exact) mass is 702 g/mol. The number of piperazine rings is 2. The second-order valence-corrected chi connectivity index (χ2v) is 14.1. The number of nitrogens with one attached hydrogen (secondary N) is 3. The summed E-state index contributed by atoms with van der Waals surface area (Å²) in [4.78, 5) is 63.8. The second kappa shape index (κ2) is 14.6. The molecule has 12 heteroatoms. The Hall–Kier alpha value is -4.88. The number of amides is 4. The molecule has 270 valence electrons. The van der Waals surface area contributed by atoms with E-state index >= 15 is 0 Å². The fourth-order valence-electron chi connectivity index (χ4n) is 8.14. The van der Waals surface area contributed by atoms with E-state index in [4.69, 9.17) is 0 Å². The number of nitrogens with zero attached hydrogens (tertiary/aromatic N) is 5. The van der Waals surface area contributed by atoms with Gasteiger partial charge >= 0.3 is 0 Å². The highest BCUT2D eigenvalue weighted by molar-refractivity contribution is 6.28. The smallest absolute Gasteiger partial charge is 0.261 e. The van der Waals surface area contributed by atoms with Crippen LogP contribution in [0.25, 0.3) is 21.5 Å². The van der Waals surface area contributed by atoms with E-state index < -0.39 is 0 Å². The van der Waals surface area contributed by atoms with E-state index in [2.05, 4.69) is 37.7 Å². The molecule has 4 aromatic carbocycles. The van der Waals surface area contributed by atoms with Crippen LogP contribution in [0.1, 0.15) is 47.9 Å². The molecule has 3 N–H and O–H groups in total. The topological polar surface area (TPSA) is 121 Å². The summed E-state index contributed by atoms with van der Waals surface area (Å²) in [5, 5.41) is 13.5. The Morgan fingerprint density at radius 2 is 0.981 bits per heavy atom. The van der Waals surface area contributed by atoms with Crippen LogP contribution in [-0.4, -0.2) is 137 Å². The first-order valence-electron chi connectivity index (χ1n) is 18.6. The zero-order valence-corrected chi connectivity index (χ0v) is 29.7. The predicted molar refractivity (Wildman–Crippen MR) is 204 cm³/mol. The number of hydrogen-bond acceptors (Lipinski definition) is 10. The Balaban J connectivity index is 0.804. The molecule has 0 spiro atoms. The third-order valence-corrected chi connectivity index (χ3v) is 11.0. The average Bonchev–Trinajstić information content (AvgIpc) is 3.17. The van der Waals surface area contributed by atoms with Crippen molar-refractivity contribution in [1.82, 2.24) is 30.7 Å². The maximum atomic E-state index is 13.6. The molecule has 8 rings (SSSR count). The highest BCUT2D eigenvalue weighted by Crippen LogP contribution is 2.37. The number of hydrogen-bond donors (Lipinski definition) is 3. The van der Waals surface area contributed by atoms with Crippen LogP contribution in [0.15, 0.2) is 60.7 Å². The van der Waals surface area contributed by atoms with Gasteiger partial charge in [-0.15, -0.1) is 0 Å². The van der Waals surface area contributed by atoms with E-state index in [1.807, 2.05) is 60.7 Å². The lowest BCUT2D eigenvalue weighted by atomic mass is 9.92. The summed E-state index contributed by atoms with van der Waals surface area (Å²) in [6, 6.07) is 19.3. The molecule has 0 radical (unpaired) electrons. The van der Waals surface area contributed by atoms with Gasteiger partial charge in [0.15, 0.2) is 0 Å². The molecule has 0 atom stereocenters. The van der Waals surface area contributed by atoms with Crippen molar-refractivity contribution in [3.63, 3.8) is 0 Å². The summed E-state index contributed by atoms with van der Waals surface area (Å²) in [6.07, 6.45) is 0.804. The van der Waals surface area contributed by atoms with Gasteiger partial charge in [-0.2, -0.15) is 0 Å². The largest absolute Gasteiger partial charge is 0.368 e. The van der Waals surface area contributed by atoms with Crippen LogP contribution >= 0.6 is 0 Å². The van der Waals surface area contributed by atoms with Gasteiger partial charge in [-0.1, -0.05) is 24.3 Å². The standard InChI is InChI=1S/C40H46N8O4/c1-44-23-25-46(26-24-44)34-12-10-32-36-28(34)6-3-8-30(36)38(50)48(40(32)52)22-18-42-14-4-13-41-17-21-47-37(49)29-7-2-5-27-33(45-19-15-43-16-20-45)11-9-31(35(27)29)39(47)51/h2-3,5-12,41-43H,4,13-26H2,1H3. The number of rotatable bonds is 12. The van der Waals surface area contributed by atoms with Crippen molar-refractivity contribution in [3.05, 3.63) is 82.9 Å². The van der Waals surface area contributed by atoms with Crippen LogP contribution in [0, 0.1) is 0 Å². The molecule has 4 amide bonds. The highest BCUT2D eigenvalue weighted by Gasteiger charge is 2.35. The van der Waals surface area contributed by atoms with E-state index in [0.717, 1.165) is 91.7 Å². The number of likely N-dealkylation sites (N-methyl/N-ethyl adjacent to an activating group) is 1. The Kier molecular flexibility index (Phi) is 9.63. The summed E-state index contributed by atoms with van der Waals surface area (Å²) < 4.78 is 0. The molecule has 0 aromatic heterocycles. The fourth-order valence-corrected chi connectivity index (χ4v) is 8.14. The maximum Gasteiger partial charge on any atom is 0.261 e. The van der Waals surface area contributed by atoms with Crippen molar-refractivity contribution >= 4 is 56.5 Å². The minimum Gasteiger partial charge on any atom is -0.368 e. The summed E-state index contributed by atoms with van der Waals surface area (Å²) in [5.74, 6) is -0.995. The predicted octanol–water partition coefficient (Wildman–Crippen LogP) is 2.62. The number of imide groups is 2. The normalized spacial score (nSPS) is 18.0. The molecule has 4 aliphatic heterocycles. The Morgan fingerprint density at radius 3 is 1.46 bits per heavy atom. The molecule has 4 aromatic rings. The number of carbonyl (C=O) groups is 4. The van der Waals surface area contributed by atoms with Crippen molar-refractivity contribution in [2.24, 2.45) is 0 Å². The molecule has 12 nitrogen and oxygen atoms in total. The summed E-state index contributed by atoms with van der Waals surface area (Å²) in [7, 11) is 2.13. The molecular formula is C40H46N8O4. The minimum atomic E-state index is -0.250. The molecule has 4 aliphatic rings. The summed E-state index contributed by atoms with van der Waals surface area (Å²) in [6.45, 7) is 10.3. The van der Waals surface area contributed by atoms with Crippen LogP contribution in [0.5, 0.6) is 0 Å². The molecule has 4 heterocycles. The van der Waals surface area contributed by atoms with Gasteiger partial charge in [0, 0.05) is 134 Å². The first-order chi connectivity index (χ1) is 25.4. The van der Waals surface area contributed by atoms with Crippen LogP contribution in [0.3, 0.4) is 0 Å². The molecular weight excluding hydrogens is 656 g/mol. The van der Waals surface area contributed by atoms with E-state index in [9.17, 15) is 19.2 Å². The number of anilines is 2. The lowest BCUT2D eigenvalue weighted by Gasteiger charge is -2.35. The third-order valence-electron chi connectivity index (χ3n) is 11.0. The summed E-state index contributed by atoms with van der Waals surface area (Å²) >= 11 is 0. The quantitative estimate of drug-likeness (QED) is 0.150. The van der Waals surface area contributed by atoms with Crippen molar-refractivity contribution in [2.75, 3.05) is 108 Å². The second-order valence-electron chi connectivity index (χ2n) is 14.1. The molecule has 0 saturated carbocycles. The average molecular weight is 703 g/mol. The Labute approximate surface area is 303 Å². The lowest BCUT2D eigenvalue weighted by molar-refractivity contribution is 0.0597. The third kappa shape index (κ3) is 6.19. The summed E-state index contributed by atoms with van der Waals surface area (Å²) in [5.41, 5.74) is 4.47. The van der Waals surface area contributed by atoms with Crippen molar-refractivity contribution in [2.45, 2.75) is 6.42 Å². The minimum absolute atomic E-state index is 0.247. The molecule has 52 heavy (non-hydrogen) atoms. The van der Waals surface area contributed by atoms with Gasteiger partial charge in [0.25, 0.3) is 23.6 Å². The van der Waals surface area contributed by atoms with E-state index in [0.29, 0.717) is 48.4 Å². The first kappa shape index (κ1) is 34.2. The maximum absolute atomic E-state index is 13.6. The van der Waals surface area contributed by atoms with Crippen molar-refractivity contribution < 1.29 is 19.2 Å². The van der Waals surface area contributed by atoms with E-state index in [1.165, 1.54) is 9.80 Å². The van der Waals surface area contributed by atoms with Crippen LogP contribution in [0.2, 0.25) is 0 Å². The first-order valence-corrected chi connectivity index (χ1v) is 18.6. The van der Waals surface area contributed by atoms with E-state index in [1.54, 1.807) is 0 Å². The Bertz CT molecular complexity index is 2010. The van der Waals surface area contributed by atoms with Gasteiger partial charge in [0.2, 0.25) is 0 Å². The molecule has 0 aliphatic carbocycles. The van der Waals surface area contributed by atoms with Gasteiger partial charge in [0.1, 0.15) is 0 Å². The number of carbonyl (C=O) groups excluding carboxylic acids is 4. The highest BCUT2D eigenvalue weighted by atomic mass is 16.2. The zero-order valence-electron chi connectivity index (χ0n) is 29.7. The van der Waals surface area contributed by atoms with Crippen LogP contribution < -0.4 is 25.8 Å². The SMILES string of the molecule is CN1CCN(c2ccc3c4c(cccc24)C(=O)N(CCNCCCNCCN2C(=O)c4cccc5c(N6CCNCC6)ccc(c45)C2=O)C3=O)CC1. The fraction of sp³-hybridized carbons (Fsp3) is 0.400. The Morgan fingerprint density at radius 1 is 0.538 bits per heavy atom. The number of benzene rings is 4. The van der Waals surface area contributed by atoms with Gasteiger partial charge in [-0.3, -0.25) is 29.0 Å². The van der Waals surface area contributed by atoms with Gasteiger partial charge in [-0.25, -0.2) is 0 Å². The molecule has 2 fully saturated rings. The molecule has 0 unspecified atom stereocenters. The lowest BCUT2D eigenvalue weighted by Crippen LogP contribution is -2.45. The molecule has 0 bridgehead atoms. The van der Waals surface area contributed by atoms with Gasteiger partial charge in [0.05, 0.1) is 0 Å². The van der Waals surface area contributed by atoms with Crippen LogP contribution in [-0.2, 0) is 0 Å². The van der Waals surface area contributed by atoms with Gasteiger partial charge < -0.3 is 30.7 Å². The van der Waals surface area contributed by atoms with Gasteiger partial charge in [-0.05, 0) is 63.0 Å². The van der Waals surface area contributed by atoms with Crippen LogP contribution in [0.4, 0.5) is 11.4 Å². The zero-order chi connectivity index (χ0) is 35.8. The van der Waals surface area contributed by atoms with Crippen molar-refractivity contribution in [3.8, 4) is 0 Å². The molecule has 2 saturated heterocycles. The van der Waals surface area contributed by atoms with E-state index in [-0.39, 0.29) is 36.7 Å².